The summed E-state index contributed by atoms with van der Waals surface area (Å²) in [6.45, 7) is 2.24. The number of furan rings is 1. The lowest BCUT2D eigenvalue weighted by molar-refractivity contribution is -0.118. The van der Waals surface area contributed by atoms with Crippen molar-refractivity contribution in [2.24, 2.45) is 5.10 Å². The largest absolute Gasteiger partial charge is 0.494 e. The van der Waals surface area contributed by atoms with Crippen LogP contribution in [0.1, 0.15) is 23.0 Å². The lowest BCUT2D eigenvalue weighted by atomic mass is 10.2. The van der Waals surface area contributed by atoms with Crippen molar-refractivity contribution in [2.75, 3.05) is 18.5 Å². The maximum Gasteiger partial charge on any atom is 0.307 e. The number of rotatable bonds is 9. The van der Waals surface area contributed by atoms with Crippen LogP contribution < -0.4 is 20.2 Å². The summed E-state index contributed by atoms with van der Waals surface area (Å²) in [5, 5.41) is 7.32. The van der Waals surface area contributed by atoms with Gasteiger partial charge >= 0.3 is 5.91 Å². The number of halogens is 1. The van der Waals surface area contributed by atoms with E-state index in [4.69, 9.17) is 13.9 Å². The molecule has 2 N–H and O–H groups in total. The first-order chi connectivity index (χ1) is 17.0. The second-order valence-electron chi connectivity index (χ2n) is 7.36. The Kier molecular flexibility index (Phi) is 7.37. The van der Waals surface area contributed by atoms with Crippen LogP contribution in [0.4, 0.5) is 10.1 Å². The van der Waals surface area contributed by atoms with Gasteiger partial charge in [0, 0.05) is 11.1 Å². The SMILES string of the molecule is CCOc1ccc2oc(C(=O)N/N=C/c3ccc(OCC(=O)Nc4ccc(F)cc4)cc3)cc2c1. The Hall–Kier alpha value is -4.66. The monoisotopic (exact) mass is 475 g/mol. The van der Waals surface area contributed by atoms with E-state index >= 15 is 0 Å². The van der Waals surface area contributed by atoms with E-state index in [-0.39, 0.29) is 24.1 Å². The van der Waals surface area contributed by atoms with Gasteiger partial charge in [-0.1, -0.05) is 0 Å². The molecule has 0 radical (unpaired) electrons. The number of anilines is 1. The number of amides is 2. The van der Waals surface area contributed by atoms with Crippen molar-refractivity contribution >= 4 is 34.7 Å². The summed E-state index contributed by atoms with van der Waals surface area (Å²) in [7, 11) is 0. The summed E-state index contributed by atoms with van der Waals surface area (Å²) < 4.78 is 29.4. The number of fused-ring (bicyclic) bond motifs is 1. The molecule has 0 unspecified atom stereocenters. The lowest BCUT2D eigenvalue weighted by Gasteiger charge is -2.07. The smallest absolute Gasteiger partial charge is 0.307 e. The van der Waals surface area contributed by atoms with E-state index in [0.717, 1.165) is 5.39 Å². The second kappa shape index (κ2) is 11.0. The zero-order chi connectivity index (χ0) is 24.6. The number of ether oxygens (including phenoxy) is 2. The Labute approximate surface area is 200 Å². The molecule has 0 bridgehead atoms. The van der Waals surface area contributed by atoms with Crippen molar-refractivity contribution in [3.8, 4) is 11.5 Å². The maximum atomic E-state index is 12.9. The molecule has 2 amide bonds. The van der Waals surface area contributed by atoms with Crippen LogP contribution in [0.25, 0.3) is 11.0 Å². The molecule has 0 saturated carbocycles. The molecule has 0 aliphatic rings. The van der Waals surface area contributed by atoms with Gasteiger partial charge in [-0.2, -0.15) is 5.10 Å². The average Bonchev–Trinajstić information content (AvgIpc) is 3.29. The summed E-state index contributed by atoms with van der Waals surface area (Å²) in [6, 6.07) is 19.2. The zero-order valence-electron chi connectivity index (χ0n) is 18.8. The average molecular weight is 475 g/mol. The number of nitrogens with one attached hydrogen (secondary N) is 2. The Bertz CT molecular complexity index is 1350. The summed E-state index contributed by atoms with van der Waals surface area (Å²) in [5.74, 6) is 0.0786. The molecular formula is C26H22FN3O5. The topological polar surface area (TPSA) is 102 Å². The normalized spacial score (nSPS) is 10.9. The van der Waals surface area contributed by atoms with Crippen LogP contribution in [0.5, 0.6) is 11.5 Å². The molecule has 8 nitrogen and oxygen atoms in total. The molecule has 35 heavy (non-hydrogen) atoms. The van der Waals surface area contributed by atoms with E-state index in [0.29, 0.717) is 34.9 Å². The molecule has 4 aromatic rings. The molecule has 1 heterocycles. The van der Waals surface area contributed by atoms with Crippen LogP contribution in [0.3, 0.4) is 0 Å². The number of hydrogen-bond acceptors (Lipinski definition) is 6. The Balaban J connectivity index is 1.26. The molecule has 0 aliphatic heterocycles. The van der Waals surface area contributed by atoms with E-state index in [2.05, 4.69) is 15.8 Å². The minimum Gasteiger partial charge on any atom is -0.494 e. The van der Waals surface area contributed by atoms with Gasteiger partial charge in [0.15, 0.2) is 12.4 Å². The zero-order valence-corrected chi connectivity index (χ0v) is 18.8. The Morgan fingerprint density at radius 1 is 0.971 bits per heavy atom. The third-order valence-electron chi connectivity index (χ3n) is 4.78. The third kappa shape index (κ3) is 6.44. The molecule has 178 valence electrons. The van der Waals surface area contributed by atoms with Crippen molar-refractivity contribution in [3.63, 3.8) is 0 Å². The van der Waals surface area contributed by atoms with Gasteiger partial charge in [-0.25, -0.2) is 9.82 Å². The fourth-order valence-electron chi connectivity index (χ4n) is 3.14. The number of carbonyl (C=O) groups is 2. The minimum atomic E-state index is -0.484. The van der Waals surface area contributed by atoms with Crippen LogP contribution in [-0.2, 0) is 4.79 Å². The predicted molar refractivity (Wildman–Crippen MR) is 129 cm³/mol. The number of hydrogen-bond donors (Lipinski definition) is 2. The highest BCUT2D eigenvalue weighted by atomic mass is 19.1. The van der Waals surface area contributed by atoms with Gasteiger partial charge in [0.2, 0.25) is 0 Å². The fourth-order valence-corrected chi connectivity index (χ4v) is 3.14. The number of benzene rings is 3. The third-order valence-corrected chi connectivity index (χ3v) is 4.78. The molecule has 4 rings (SSSR count). The van der Waals surface area contributed by atoms with E-state index < -0.39 is 5.91 Å². The summed E-state index contributed by atoms with van der Waals surface area (Å²) in [6.07, 6.45) is 1.47. The van der Waals surface area contributed by atoms with Crippen molar-refractivity contribution in [3.05, 3.63) is 89.9 Å². The molecule has 0 saturated heterocycles. The van der Waals surface area contributed by atoms with Crippen LogP contribution in [0, 0.1) is 5.82 Å². The second-order valence-corrected chi connectivity index (χ2v) is 7.36. The van der Waals surface area contributed by atoms with Crippen molar-refractivity contribution in [2.45, 2.75) is 6.92 Å². The van der Waals surface area contributed by atoms with Crippen molar-refractivity contribution in [1.29, 1.82) is 0 Å². The minimum absolute atomic E-state index is 0.133. The summed E-state index contributed by atoms with van der Waals surface area (Å²) in [5.41, 5.74) is 4.19. The van der Waals surface area contributed by atoms with Gasteiger partial charge in [-0.05, 0) is 85.3 Å². The lowest BCUT2D eigenvalue weighted by Crippen LogP contribution is -2.20. The van der Waals surface area contributed by atoms with Crippen molar-refractivity contribution < 1.29 is 27.9 Å². The van der Waals surface area contributed by atoms with Gasteiger partial charge in [0.25, 0.3) is 5.91 Å². The Morgan fingerprint density at radius 3 is 2.46 bits per heavy atom. The van der Waals surface area contributed by atoms with E-state index in [1.807, 2.05) is 6.92 Å². The van der Waals surface area contributed by atoms with E-state index in [9.17, 15) is 14.0 Å². The first kappa shape index (κ1) is 23.5. The first-order valence-corrected chi connectivity index (χ1v) is 10.8. The number of carbonyl (C=O) groups excluding carboxylic acids is 2. The highest BCUT2D eigenvalue weighted by Gasteiger charge is 2.12. The van der Waals surface area contributed by atoms with Gasteiger partial charge in [-0.3, -0.25) is 9.59 Å². The van der Waals surface area contributed by atoms with Crippen LogP contribution in [-0.4, -0.2) is 31.2 Å². The fraction of sp³-hybridized carbons (Fsp3) is 0.115. The maximum absolute atomic E-state index is 12.9. The van der Waals surface area contributed by atoms with Crippen LogP contribution >= 0.6 is 0 Å². The standard InChI is InChI=1S/C26H22FN3O5/c1-2-33-22-11-12-23-18(13-22)14-24(35-23)26(32)30-28-15-17-3-9-21(10-4-17)34-16-25(31)29-20-7-5-19(27)6-8-20/h3-15H,2,16H2,1H3,(H,29,31)(H,30,32)/b28-15+. The van der Waals surface area contributed by atoms with Gasteiger partial charge in [0.05, 0.1) is 12.8 Å². The number of hydrazone groups is 1. The molecule has 9 heteroatoms. The molecule has 3 aromatic carbocycles. The summed E-state index contributed by atoms with van der Waals surface area (Å²) >= 11 is 0. The molecule has 0 fully saturated rings. The highest BCUT2D eigenvalue weighted by Crippen LogP contribution is 2.24. The first-order valence-electron chi connectivity index (χ1n) is 10.8. The van der Waals surface area contributed by atoms with Gasteiger partial charge < -0.3 is 19.2 Å². The van der Waals surface area contributed by atoms with Crippen molar-refractivity contribution in [1.82, 2.24) is 5.43 Å². The van der Waals surface area contributed by atoms with Crippen LogP contribution in [0.2, 0.25) is 0 Å². The quantitative estimate of drug-likeness (QED) is 0.269. The molecule has 0 spiro atoms. The summed E-state index contributed by atoms with van der Waals surface area (Å²) in [4.78, 5) is 24.3. The molecular weight excluding hydrogens is 453 g/mol. The predicted octanol–water partition coefficient (Wildman–Crippen LogP) is 4.75. The van der Waals surface area contributed by atoms with Gasteiger partial charge in [-0.15, -0.1) is 0 Å². The van der Waals surface area contributed by atoms with Gasteiger partial charge in [0.1, 0.15) is 22.9 Å². The van der Waals surface area contributed by atoms with E-state index in [1.165, 1.54) is 30.5 Å². The van der Waals surface area contributed by atoms with Crippen LogP contribution in [0.15, 0.2) is 82.3 Å². The molecule has 1 aromatic heterocycles. The molecule has 0 aliphatic carbocycles. The number of nitrogens with zero attached hydrogens (tertiary/aromatic N) is 1. The van der Waals surface area contributed by atoms with E-state index in [1.54, 1.807) is 48.5 Å². The highest BCUT2D eigenvalue weighted by molar-refractivity contribution is 5.97. The molecule has 0 atom stereocenters. The Morgan fingerprint density at radius 2 is 1.71 bits per heavy atom.